The predicted molar refractivity (Wildman–Crippen MR) is 102 cm³/mol. The van der Waals surface area contributed by atoms with Crippen molar-refractivity contribution < 1.29 is 4.79 Å². The van der Waals surface area contributed by atoms with Crippen LogP contribution in [0.15, 0.2) is 42.6 Å². The number of nitrogens with zero attached hydrogens (tertiary/aromatic N) is 2. The second-order valence-electron chi connectivity index (χ2n) is 6.04. The summed E-state index contributed by atoms with van der Waals surface area (Å²) in [5.41, 5.74) is 11.6. The minimum atomic E-state index is -0.0737. The van der Waals surface area contributed by atoms with E-state index in [1.165, 1.54) is 5.56 Å². The molecule has 25 heavy (non-hydrogen) atoms. The van der Waals surface area contributed by atoms with E-state index in [0.29, 0.717) is 13.0 Å². The molecule has 0 aliphatic carbocycles. The third-order valence-corrected chi connectivity index (χ3v) is 4.34. The number of anilines is 1. The second kappa shape index (κ2) is 7.49. The van der Waals surface area contributed by atoms with Gasteiger partial charge >= 0.3 is 0 Å². The standard InChI is InChI=1S/C20H24N4O/c1-3-14-5-7-15(8-6-14)20-17(4-2)24-13-16(9-10-18(24)23-20)22-19(25)11-12-21/h5-10,13H,3-4,11-12,21H2,1-2H3,(H,22,25). The number of hydrogen-bond donors (Lipinski definition) is 2. The molecule has 0 spiro atoms. The number of carbonyl (C=O) groups is 1. The Labute approximate surface area is 147 Å². The predicted octanol–water partition coefficient (Wildman–Crippen LogP) is 3.41. The fraction of sp³-hybridized carbons (Fsp3) is 0.300. The Morgan fingerprint density at radius 2 is 1.88 bits per heavy atom. The molecule has 0 saturated carbocycles. The Morgan fingerprint density at radius 3 is 2.52 bits per heavy atom. The smallest absolute Gasteiger partial charge is 0.225 e. The number of imidazole rings is 1. The van der Waals surface area contributed by atoms with Crippen molar-refractivity contribution in [3.8, 4) is 11.3 Å². The molecule has 3 rings (SSSR count). The molecule has 2 aromatic heterocycles. The van der Waals surface area contributed by atoms with Gasteiger partial charge in [-0.2, -0.15) is 0 Å². The third-order valence-electron chi connectivity index (χ3n) is 4.34. The highest BCUT2D eigenvalue weighted by molar-refractivity contribution is 5.90. The number of benzene rings is 1. The summed E-state index contributed by atoms with van der Waals surface area (Å²) in [4.78, 5) is 16.6. The number of aromatic nitrogens is 2. The van der Waals surface area contributed by atoms with Gasteiger partial charge in [-0.25, -0.2) is 4.98 Å². The zero-order valence-electron chi connectivity index (χ0n) is 14.7. The van der Waals surface area contributed by atoms with Gasteiger partial charge in [0.15, 0.2) is 0 Å². The molecule has 0 saturated heterocycles. The molecule has 130 valence electrons. The zero-order chi connectivity index (χ0) is 17.8. The van der Waals surface area contributed by atoms with E-state index >= 15 is 0 Å². The molecule has 0 radical (unpaired) electrons. The van der Waals surface area contributed by atoms with Crippen molar-refractivity contribution in [3.63, 3.8) is 0 Å². The van der Waals surface area contributed by atoms with Gasteiger partial charge in [0.25, 0.3) is 0 Å². The first-order chi connectivity index (χ1) is 12.2. The van der Waals surface area contributed by atoms with Crippen LogP contribution in [0.25, 0.3) is 16.9 Å². The largest absolute Gasteiger partial charge is 0.330 e. The van der Waals surface area contributed by atoms with Crippen LogP contribution in [0.1, 0.15) is 31.5 Å². The average molecular weight is 336 g/mol. The lowest BCUT2D eigenvalue weighted by Crippen LogP contribution is -2.16. The van der Waals surface area contributed by atoms with Crippen LogP contribution in [0.4, 0.5) is 5.69 Å². The maximum absolute atomic E-state index is 11.8. The van der Waals surface area contributed by atoms with Crippen molar-refractivity contribution in [1.29, 1.82) is 0 Å². The van der Waals surface area contributed by atoms with Gasteiger partial charge in [0.2, 0.25) is 5.91 Å². The highest BCUT2D eigenvalue weighted by Gasteiger charge is 2.13. The lowest BCUT2D eigenvalue weighted by Gasteiger charge is -2.07. The molecule has 1 amide bonds. The molecule has 0 atom stereocenters. The van der Waals surface area contributed by atoms with Crippen molar-refractivity contribution in [2.75, 3.05) is 11.9 Å². The number of nitrogens with two attached hydrogens (primary N) is 1. The van der Waals surface area contributed by atoms with Gasteiger partial charge in [-0.05, 0) is 30.5 Å². The zero-order valence-corrected chi connectivity index (χ0v) is 14.7. The summed E-state index contributed by atoms with van der Waals surface area (Å²) in [6.07, 6.45) is 4.13. The van der Waals surface area contributed by atoms with Gasteiger partial charge < -0.3 is 15.5 Å². The molecular formula is C20H24N4O. The van der Waals surface area contributed by atoms with Crippen molar-refractivity contribution in [2.45, 2.75) is 33.1 Å². The van der Waals surface area contributed by atoms with Crippen molar-refractivity contribution in [1.82, 2.24) is 9.38 Å². The molecule has 0 unspecified atom stereocenters. The fourth-order valence-corrected chi connectivity index (χ4v) is 2.99. The van der Waals surface area contributed by atoms with E-state index in [1.54, 1.807) is 0 Å². The monoisotopic (exact) mass is 336 g/mol. The Morgan fingerprint density at radius 1 is 1.12 bits per heavy atom. The topological polar surface area (TPSA) is 72.4 Å². The number of amides is 1. The molecule has 3 aromatic rings. The van der Waals surface area contributed by atoms with E-state index in [-0.39, 0.29) is 5.91 Å². The highest BCUT2D eigenvalue weighted by atomic mass is 16.1. The van der Waals surface area contributed by atoms with Crippen LogP contribution in [0, 0.1) is 0 Å². The van der Waals surface area contributed by atoms with E-state index < -0.39 is 0 Å². The molecule has 5 nitrogen and oxygen atoms in total. The van der Waals surface area contributed by atoms with E-state index in [4.69, 9.17) is 10.7 Å². The number of aryl methyl sites for hydroxylation is 2. The Bertz CT molecular complexity index is 881. The number of nitrogens with one attached hydrogen (secondary N) is 1. The number of fused-ring (bicyclic) bond motifs is 1. The Hall–Kier alpha value is -2.66. The molecule has 0 bridgehead atoms. The summed E-state index contributed by atoms with van der Waals surface area (Å²) >= 11 is 0. The van der Waals surface area contributed by atoms with Crippen LogP contribution in [0.2, 0.25) is 0 Å². The van der Waals surface area contributed by atoms with Crippen LogP contribution >= 0.6 is 0 Å². The van der Waals surface area contributed by atoms with Gasteiger partial charge in [0.1, 0.15) is 5.65 Å². The quantitative estimate of drug-likeness (QED) is 0.724. The minimum Gasteiger partial charge on any atom is -0.330 e. The van der Waals surface area contributed by atoms with E-state index in [1.807, 2.05) is 18.3 Å². The van der Waals surface area contributed by atoms with Crippen LogP contribution in [0.5, 0.6) is 0 Å². The Balaban J connectivity index is 2.01. The number of carbonyl (C=O) groups excluding carboxylic acids is 1. The van der Waals surface area contributed by atoms with Gasteiger partial charge in [-0.15, -0.1) is 0 Å². The van der Waals surface area contributed by atoms with Gasteiger partial charge in [-0.3, -0.25) is 4.79 Å². The molecule has 5 heteroatoms. The summed E-state index contributed by atoms with van der Waals surface area (Å²) in [6.45, 7) is 4.61. The van der Waals surface area contributed by atoms with E-state index in [2.05, 4.69) is 47.8 Å². The summed E-state index contributed by atoms with van der Waals surface area (Å²) in [7, 11) is 0. The molecule has 3 N–H and O–H groups in total. The highest BCUT2D eigenvalue weighted by Crippen LogP contribution is 2.26. The van der Waals surface area contributed by atoms with Gasteiger partial charge in [0.05, 0.1) is 17.1 Å². The van der Waals surface area contributed by atoms with Gasteiger partial charge in [0, 0.05) is 24.7 Å². The van der Waals surface area contributed by atoms with Crippen molar-refractivity contribution in [3.05, 3.63) is 53.9 Å². The number of pyridine rings is 1. The second-order valence-corrected chi connectivity index (χ2v) is 6.04. The van der Waals surface area contributed by atoms with Crippen LogP contribution in [-0.2, 0) is 17.6 Å². The van der Waals surface area contributed by atoms with Crippen LogP contribution < -0.4 is 11.1 Å². The molecule has 2 heterocycles. The lowest BCUT2D eigenvalue weighted by molar-refractivity contribution is -0.116. The SMILES string of the molecule is CCc1ccc(-c2nc3ccc(NC(=O)CCN)cn3c2CC)cc1. The van der Waals surface area contributed by atoms with Crippen LogP contribution in [0.3, 0.4) is 0 Å². The lowest BCUT2D eigenvalue weighted by atomic mass is 10.1. The fourth-order valence-electron chi connectivity index (χ4n) is 2.99. The van der Waals surface area contributed by atoms with Crippen LogP contribution in [-0.4, -0.2) is 21.8 Å². The molecule has 1 aromatic carbocycles. The summed E-state index contributed by atoms with van der Waals surface area (Å²) < 4.78 is 2.06. The summed E-state index contributed by atoms with van der Waals surface area (Å²) in [6, 6.07) is 12.4. The maximum atomic E-state index is 11.8. The first kappa shape index (κ1) is 17.2. The number of rotatable bonds is 6. The van der Waals surface area contributed by atoms with E-state index in [0.717, 1.165) is 41.1 Å². The number of hydrogen-bond acceptors (Lipinski definition) is 3. The van der Waals surface area contributed by atoms with Crippen molar-refractivity contribution >= 4 is 17.2 Å². The molecular weight excluding hydrogens is 312 g/mol. The Kier molecular flexibility index (Phi) is 5.14. The summed E-state index contributed by atoms with van der Waals surface area (Å²) in [5.74, 6) is -0.0737. The first-order valence-electron chi connectivity index (χ1n) is 8.76. The first-order valence-corrected chi connectivity index (χ1v) is 8.76. The molecule has 0 aliphatic rings. The van der Waals surface area contributed by atoms with E-state index in [9.17, 15) is 4.79 Å². The third kappa shape index (κ3) is 3.56. The summed E-state index contributed by atoms with van der Waals surface area (Å²) in [5, 5.41) is 2.88. The minimum absolute atomic E-state index is 0.0737. The average Bonchev–Trinajstić information content (AvgIpc) is 2.99. The molecule has 0 aliphatic heterocycles. The normalized spacial score (nSPS) is 11.0. The maximum Gasteiger partial charge on any atom is 0.225 e. The van der Waals surface area contributed by atoms with Crippen molar-refractivity contribution in [2.24, 2.45) is 5.73 Å². The van der Waals surface area contributed by atoms with Gasteiger partial charge in [-0.1, -0.05) is 38.1 Å². The molecule has 0 fully saturated rings.